The van der Waals surface area contributed by atoms with Gasteiger partial charge in [-0.15, -0.1) is 0 Å². The summed E-state index contributed by atoms with van der Waals surface area (Å²) < 4.78 is 1.89. The molecule has 0 unspecified atom stereocenters. The fraction of sp³-hybridized carbons (Fsp3) is 0.350. The summed E-state index contributed by atoms with van der Waals surface area (Å²) in [7, 11) is 0. The normalized spacial score (nSPS) is 21.0. The SMILES string of the molecule is Cc1cccc(C(=O)NC(=S)N2C[C@H]3C[C@H](C2)c2cccc(=O)n2C3)c1. The summed E-state index contributed by atoms with van der Waals surface area (Å²) in [4.78, 5) is 26.6. The number of nitrogens with one attached hydrogen (secondary N) is 1. The molecule has 2 aromatic rings. The Kier molecular flexibility index (Phi) is 4.36. The number of carbonyl (C=O) groups is 1. The topological polar surface area (TPSA) is 54.3 Å². The molecule has 0 saturated carbocycles. The minimum atomic E-state index is -0.175. The number of benzene rings is 1. The number of carbonyl (C=O) groups excluding carboxylic acids is 1. The van der Waals surface area contributed by atoms with Gasteiger partial charge in [-0.25, -0.2) is 0 Å². The first-order chi connectivity index (χ1) is 12.5. The third kappa shape index (κ3) is 3.17. The zero-order valence-electron chi connectivity index (χ0n) is 14.6. The van der Waals surface area contributed by atoms with E-state index in [2.05, 4.69) is 10.2 Å². The van der Waals surface area contributed by atoms with Crippen LogP contribution in [0.25, 0.3) is 0 Å². The van der Waals surface area contributed by atoms with Crippen LogP contribution >= 0.6 is 12.2 Å². The Hall–Kier alpha value is -2.47. The van der Waals surface area contributed by atoms with Crippen molar-refractivity contribution in [2.45, 2.75) is 25.8 Å². The van der Waals surface area contributed by atoms with Crippen molar-refractivity contribution < 1.29 is 4.79 Å². The minimum Gasteiger partial charge on any atom is -0.348 e. The summed E-state index contributed by atoms with van der Waals surface area (Å²) in [6.45, 7) is 4.17. The first-order valence-electron chi connectivity index (χ1n) is 8.88. The lowest BCUT2D eigenvalue weighted by atomic mass is 9.83. The van der Waals surface area contributed by atoms with Crippen LogP contribution in [0.1, 0.15) is 34.0 Å². The summed E-state index contributed by atoms with van der Waals surface area (Å²) in [6, 6.07) is 12.9. The second-order valence-corrected chi connectivity index (χ2v) is 7.62. The predicted molar refractivity (Wildman–Crippen MR) is 104 cm³/mol. The first-order valence-corrected chi connectivity index (χ1v) is 9.29. The number of pyridine rings is 1. The maximum Gasteiger partial charge on any atom is 0.257 e. The van der Waals surface area contributed by atoms with Gasteiger partial charge in [-0.1, -0.05) is 23.8 Å². The van der Waals surface area contributed by atoms with E-state index < -0.39 is 0 Å². The molecule has 4 rings (SSSR count). The van der Waals surface area contributed by atoms with Crippen molar-refractivity contribution in [2.75, 3.05) is 13.1 Å². The lowest BCUT2D eigenvalue weighted by Gasteiger charge is -2.43. The zero-order valence-corrected chi connectivity index (χ0v) is 15.5. The Balaban J connectivity index is 1.49. The second kappa shape index (κ2) is 6.68. The average molecular weight is 367 g/mol. The van der Waals surface area contributed by atoms with Crippen molar-refractivity contribution >= 4 is 23.2 Å². The van der Waals surface area contributed by atoms with Crippen LogP contribution in [0.5, 0.6) is 0 Å². The molecule has 0 radical (unpaired) electrons. The molecule has 2 aliphatic rings. The molecule has 1 aromatic heterocycles. The highest BCUT2D eigenvalue weighted by Crippen LogP contribution is 2.34. The Morgan fingerprint density at radius 2 is 1.96 bits per heavy atom. The highest BCUT2D eigenvalue weighted by molar-refractivity contribution is 7.80. The van der Waals surface area contributed by atoms with Crippen molar-refractivity contribution in [2.24, 2.45) is 5.92 Å². The standard InChI is InChI=1S/C20H21N3O2S/c1-13-4-2-5-15(8-13)19(25)21-20(26)22-10-14-9-16(12-22)17-6-3-7-18(24)23(17)11-14/h2-8,14,16H,9-12H2,1H3,(H,21,25,26)/t14-,16-/m1/s1. The molecule has 6 heteroatoms. The van der Waals surface area contributed by atoms with Crippen molar-refractivity contribution in [1.29, 1.82) is 0 Å². The molecule has 0 spiro atoms. The van der Waals surface area contributed by atoms with E-state index in [1.54, 1.807) is 12.1 Å². The van der Waals surface area contributed by atoms with E-state index in [-0.39, 0.29) is 17.4 Å². The highest BCUT2D eigenvalue weighted by atomic mass is 32.1. The molecule has 1 N–H and O–H groups in total. The highest BCUT2D eigenvalue weighted by Gasteiger charge is 2.35. The molecule has 0 aliphatic carbocycles. The van der Waals surface area contributed by atoms with Gasteiger partial charge in [0.15, 0.2) is 5.11 Å². The van der Waals surface area contributed by atoms with Gasteiger partial charge in [0.05, 0.1) is 0 Å². The smallest absolute Gasteiger partial charge is 0.257 e. The number of hydrogen-bond donors (Lipinski definition) is 1. The lowest BCUT2D eigenvalue weighted by Crippen LogP contribution is -2.52. The summed E-state index contributed by atoms with van der Waals surface area (Å²) in [5, 5.41) is 3.34. The molecule has 1 aromatic carbocycles. The van der Waals surface area contributed by atoms with Crippen LogP contribution in [0, 0.1) is 12.8 Å². The zero-order chi connectivity index (χ0) is 18.3. The Morgan fingerprint density at radius 3 is 2.77 bits per heavy atom. The summed E-state index contributed by atoms with van der Waals surface area (Å²) in [5.41, 5.74) is 2.80. The minimum absolute atomic E-state index is 0.0703. The van der Waals surface area contributed by atoms with Crippen LogP contribution in [0.2, 0.25) is 0 Å². The third-order valence-electron chi connectivity index (χ3n) is 5.27. The van der Waals surface area contributed by atoms with Crippen molar-refractivity contribution in [1.82, 2.24) is 14.8 Å². The van der Waals surface area contributed by atoms with Gasteiger partial charge in [0.1, 0.15) is 0 Å². The molecule has 1 saturated heterocycles. The predicted octanol–water partition coefficient (Wildman–Crippen LogP) is 2.29. The first kappa shape index (κ1) is 17.0. The number of amides is 1. The van der Waals surface area contributed by atoms with Gasteiger partial charge in [0.25, 0.3) is 11.5 Å². The average Bonchev–Trinajstić information content (AvgIpc) is 2.62. The third-order valence-corrected chi connectivity index (χ3v) is 5.63. The number of aryl methyl sites for hydroxylation is 1. The monoisotopic (exact) mass is 367 g/mol. The number of fused-ring (bicyclic) bond motifs is 4. The van der Waals surface area contributed by atoms with Crippen LogP contribution in [0.3, 0.4) is 0 Å². The number of likely N-dealkylation sites (tertiary alicyclic amines) is 1. The van der Waals surface area contributed by atoms with Crippen LogP contribution in [0.15, 0.2) is 47.3 Å². The van der Waals surface area contributed by atoms with Crippen LogP contribution in [-0.2, 0) is 6.54 Å². The van der Waals surface area contributed by atoms with E-state index in [0.29, 0.717) is 16.6 Å². The van der Waals surface area contributed by atoms with Crippen molar-refractivity contribution in [3.05, 3.63) is 69.6 Å². The molecular weight excluding hydrogens is 346 g/mol. The van der Waals surface area contributed by atoms with E-state index in [1.807, 2.05) is 41.8 Å². The molecule has 2 atom stereocenters. The van der Waals surface area contributed by atoms with E-state index in [9.17, 15) is 9.59 Å². The number of hydrogen-bond acceptors (Lipinski definition) is 3. The molecule has 5 nitrogen and oxygen atoms in total. The van der Waals surface area contributed by atoms with E-state index >= 15 is 0 Å². The molecule has 26 heavy (non-hydrogen) atoms. The number of piperidine rings is 1. The van der Waals surface area contributed by atoms with E-state index in [1.165, 1.54) is 0 Å². The molecule has 3 heterocycles. The van der Waals surface area contributed by atoms with Crippen LogP contribution in [0.4, 0.5) is 0 Å². The Morgan fingerprint density at radius 1 is 1.15 bits per heavy atom. The number of nitrogens with zero attached hydrogens (tertiary/aromatic N) is 2. The molecular formula is C20H21N3O2S. The largest absolute Gasteiger partial charge is 0.348 e. The number of aromatic nitrogens is 1. The van der Waals surface area contributed by atoms with Crippen LogP contribution < -0.4 is 10.9 Å². The van der Waals surface area contributed by atoms with Gasteiger partial charge in [-0.3, -0.25) is 14.9 Å². The Labute approximate surface area is 157 Å². The molecule has 1 amide bonds. The number of thiocarbonyl (C=S) groups is 1. The van der Waals surface area contributed by atoms with Gasteiger partial charge in [0, 0.05) is 42.9 Å². The van der Waals surface area contributed by atoms with Gasteiger partial charge in [-0.2, -0.15) is 0 Å². The fourth-order valence-electron chi connectivity index (χ4n) is 4.10. The second-order valence-electron chi connectivity index (χ2n) is 7.23. The Bertz CT molecular complexity index is 937. The molecule has 2 bridgehead atoms. The quantitative estimate of drug-likeness (QED) is 0.786. The van der Waals surface area contributed by atoms with Gasteiger partial charge in [0.2, 0.25) is 0 Å². The van der Waals surface area contributed by atoms with Crippen LogP contribution in [-0.4, -0.2) is 33.6 Å². The maximum atomic E-state index is 12.5. The summed E-state index contributed by atoms with van der Waals surface area (Å²) >= 11 is 5.51. The molecule has 2 aliphatic heterocycles. The van der Waals surface area contributed by atoms with E-state index in [4.69, 9.17) is 12.2 Å². The van der Waals surface area contributed by atoms with Gasteiger partial charge >= 0.3 is 0 Å². The molecule has 134 valence electrons. The van der Waals surface area contributed by atoms with Crippen molar-refractivity contribution in [3.63, 3.8) is 0 Å². The van der Waals surface area contributed by atoms with Gasteiger partial charge in [-0.05, 0) is 49.7 Å². The molecule has 1 fully saturated rings. The van der Waals surface area contributed by atoms with Crippen molar-refractivity contribution in [3.8, 4) is 0 Å². The number of rotatable bonds is 1. The lowest BCUT2D eigenvalue weighted by molar-refractivity contribution is 0.0968. The summed E-state index contributed by atoms with van der Waals surface area (Å²) in [5.74, 6) is 0.464. The maximum absolute atomic E-state index is 12.5. The van der Waals surface area contributed by atoms with Gasteiger partial charge < -0.3 is 9.47 Å². The fourth-order valence-corrected chi connectivity index (χ4v) is 4.34. The van der Waals surface area contributed by atoms with E-state index in [0.717, 1.165) is 37.3 Å². The summed E-state index contributed by atoms with van der Waals surface area (Å²) in [6.07, 6.45) is 1.06.